The van der Waals surface area contributed by atoms with E-state index in [1.165, 1.54) is 0 Å². The maximum Gasteiger partial charge on any atom is 0.280 e. The second kappa shape index (κ2) is 8.32. The Morgan fingerprint density at radius 1 is 1.08 bits per heavy atom. The van der Waals surface area contributed by atoms with Crippen LogP contribution in [0, 0.1) is 0 Å². The first-order valence-corrected chi connectivity index (χ1v) is 9.38. The molecule has 0 aliphatic carbocycles. The van der Waals surface area contributed by atoms with Crippen LogP contribution in [0.3, 0.4) is 0 Å². The largest absolute Gasteiger partial charge is 0.481 e. The van der Waals surface area contributed by atoms with Gasteiger partial charge in [-0.15, -0.1) is 0 Å². The first-order valence-electron chi connectivity index (χ1n) is 9.38. The predicted octanol–water partition coefficient (Wildman–Crippen LogP) is 2.17. The highest BCUT2D eigenvalue weighted by atomic mass is 16.5. The molecule has 1 amide bonds. The molecule has 2 N–H and O–H groups in total. The summed E-state index contributed by atoms with van der Waals surface area (Å²) >= 11 is 0. The van der Waals surface area contributed by atoms with Crippen LogP contribution in [0.2, 0.25) is 0 Å². The Kier molecular flexibility index (Phi) is 5.89. The second-order valence-corrected chi connectivity index (χ2v) is 7.24. The number of likely N-dealkylation sites (tertiary alicyclic amines) is 1. The molecule has 0 radical (unpaired) electrons. The monoisotopic (exact) mass is 354 g/mol. The van der Waals surface area contributed by atoms with Gasteiger partial charge in [-0.2, -0.15) is 5.10 Å². The van der Waals surface area contributed by atoms with Crippen molar-refractivity contribution in [3.8, 4) is 5.75 Å². The number of rotatable bonds is 5. The van der Waals surface area contributed by atoms with E-state index in [2.05, 4.69) is 30.4 Å². The van der Waals surface area contributed by atoms with Gasteiger partial charge in [-0.1, -0.05) is 30.3 Å². The first kappa shape index (κ1) is 18.4. The quantitative estimate of drug-likeness (QED) is 0.809. The molecule has 0 saturated carbocycles. The molecular formula is C21H28N3O2+. The number of benzene rings is 2. The highest BCUT2D eigenvalue weighted by Gasteiger charge is 2.21. The van der Waals surface area contributed by atoms with Gasteiger partial charge in [-0.25, -0.2) is 5.43 Å². The molecule has 1 aliphatic heterocycles. The van der Waals surface area contributed by atoms with Gasteiger partial charge >= 0.3 is 0 Å². The Hall–Kier alpha value is -2.40. The van der Waals surface area contributed by atoms with E-state index in [0.717, 1.165) is 42.4 Å². The minimum Gasteiger partial charge on any atom is -0.481 e. The zero-order valence-corrected chi connectivity index (χ0v) is 15.8. The molecule has 0 bridgehead atoms. The van der Waals surface area contributed by atoms with Gasteiger partial charge in [0.2, 0.25) is 0 Å². The zero-order chi connectivity index (χ0) is 18.5. The van der Waals surface area contributed by atoms with E-state index in [4.69, 9.17) is 4.74 Å². The van der Waals surface area contributed by atoms with Crippen LogP contribution >= 0.6 is 0 Å². The highest BCUT2D eigenvalue weighted by molar-refractivity contribution is 5.88. The number of nitrogens with one attached hydrogen (secondary N) is 2. The third-order valence-corrected chi connectivity index (χ3v) is 5.01. The van der Waals surface area contributed by atoms with Crippen molar-refractivity contribution in [1.82, 2.24) is 5.43 Å². The summed E-state index contributed by atoms with van der Waals surface area (Å²) in [6, 6.07) is 14.6. The fourth-order valence-electron chi connectivity index (χ4n) is 3.27. The lowest BCUT2D eigenvalue weighted by atomic mass is 10.1. The van der Waals surface area contributed by atoms with Crippen molar-refractivity contribution in [3.63, 3.8) is 0 Å². The third kappa shape index (κ3) is 4.61. The topological polar surface area (TPSA) is 55.1 Å². The van der Waals surface area contributed by atoms with Crippen LogP contribution in [-0.2, 0) is 4.79 Å². The molecule has 1 heterocycles. The number of hydrogen-bond acceptors (Lipinski definition) is 3. The number of quaternary nitrogens is 1. The maximum atomic E-state index is 12.3. The van der Waals surface area contributed by atoms with Gasteiger partial charge in [0.15, 0.2) is 6.10 Å². The fourth-order valence-corrected chi connectivity index (χ4v) is 3.27. The van der Waals surface area contributed by atoms with Crippen LogP contribution in [0.25, 0.3) is 10.8 Å². The van der Waals surface area contributed by atoms with Crippen molar-refractivity contribution >= 4 is 22.4 Å². The van der Waals surface area contributed by atoms with Crippen molar-refractivity contribution in [3.05, 3.63) is 42.5 Å². The number of nitrogens with zero attached hydrogens (tertiary/aromatic N) is 1. The van der Waals surface area contributed by atoms with E-state index in [1.807, 2.05) is 36.4 Å². The summed E-state index contributed by atoms with van der Waals surface area (Å²) < 4.78 is 5.79. The van der Waals surface area contributed by atoms with Crippen LogP contribution in [0.1, 0.15) is 33.6 Å². The standard InChI is InChI=1S/C21H27N3O2/c1-15(2)24-12-10-19(11-13-24)22-23-21(25)16(3)26-20-9-8-17-6-4-5-7-18(17)14-20/h4-9,14-16H,10-13H2,1-3H3,(H,23,25)/p+1/t16-/m1/s1. The Morgan fingerprint density at radius 3 is 2.46 bits per heavy atom. The molecule has 1 fully saturated rings. The van der Waals surface area contributed by atoms with Gasteiger partial charge in [0, 0.05) is 18.6 Å². The molecule has 3 rings (SSSR count). The van der Waals surface area contributed by atoms with Gasteiger partial charge in [0.25, 0.3) is 5.91 Å². The Labute approximate surface area is 155 Å². The number of ether oxygens (including phenoxy) is 1. The maximum absolute atomic E-state index is 12.3. The van der Waals surface area contributed by atoms with Gasteiger partial charge in [-0.3, -0.25) is 4.79 Å². The molecule has 138 valence electrons. The van der Waals surface area contributed by atoms with Crippen molar-refractivity contribution in [2.75, 3.05) is 13.1 Å². The van der Waals surface area contributed by atoms with Crippen molar-refractivity contribution in [1.29, 1.82) is 0 Å². The van der Waals surface area contributed by atoms with Crippen LogP contribution in [-0.4, -0.2) is 36.9 Å². The fraction of sp³-hybridized carbons (Fsp3) is 0.429. The van der Waals surface area contributed by atoms with Crippen LogP contribution in [0.5, 0.6) is 5.75 Å². The summed E-state index contributed by atoms with van der Waals surface area (Å²) in [6.45, 7) is 8.39. The summed E-state index contributed by atoms with van der Waals surface area (Å²) in [6.07, 6.45) is 1.28. The average molecular weight is 354 g/mol. The van der Waals surface area contributed by atoms with E-state index in [9.17, 15) is 4.79 Å². The first-order chi connectivity index (χ1) is 12.5. The predicted molar refractivity (Wildman–Crippen MR) is 105 cm³/mol. The summed E-state index contributed by atoms with van der Waals surface area (Å²) in [4.78, 5) is 13.9. The number of carbonyl (C=O) groups excluding carboxylic acids is 1. The van der Waals surface area contributed by atoms with E-state index in [-0.39, 0.29) is 5.91 Å². The molecule has 26 heavy (non-hydrogen) atoms. The van der Waals surface area contributed by atoms with E-state index in [0.29, 0.717) is 11.8 Å². The Bertz CT molecular complexity index is 791. The minimum atomic E-state index is -0.595. The molecular weight excluding hydrogens is 326 g/mol. The Morgan fingerprint density at radius 2 is 1.77 bits per heavy atom. The zero-order valence-electron chi connectivity index (χ0n) is 15.8. The SMILES string of the molecule is CC(C)[NH+]1CCC(=NNC(=O)[C@@H](C)Oc2ccc3ccccc3c2)CC1. The molecule has 0 aromatic heterocycles. The van der Waals surface area contributed by atoms with E-state index >= 15 is 0 Å². The van der Waals surface area contributed by atoms with Crippen molar-refractivity contribution in [2.45, 2.75) is 45.8 Å². The molecule has 1 atom stereocenters. The number of carbonyl (C=O) groups is 1. The average Bonchev–Trinajstić information content (AvgIpc) is 2.66. The van der Waals surface area contributed by atoms with Crippen LogP contribution in [0.15, 0.2) is 47.6 Å². The van der Waals surface area contributed by atoms with Gasteiger partial charge < -0.3 is 9.64 Å². The van der Waals surface area contributed by atoms with Crippen molar-refractivity contribution < 1.29 is 14.4 Å². The Balaban J connectivity index is 1.53. The molecule has 5 nitrogen and oxygen atoms in total. The number of fused-ring (bicyclic) bond motifs is 1. The normalized spacial score (nSPS) is 18.6. The third-order valence-electron chi connectivity index (χ3n) is 5.01. The lowest BCUT2D eigenvalue weighted by Crippen LogP contribution is -3.16. The number of amides is 1. The molecule has 1 aliphatic rings. The van der Waals surface area contributed by atoms with Crippen molar-refractivity contribution in [2.24, 2.45) is 5.10 Å². The summed E-state index contributed by atoms with van der Waals surface area (Å²) in [5.41, 5.74) is 3.74. The molecule has 2 aromatic carbocycles. The lowest BCUT2D eigenvalue weighted by molar-refractivity contribution is -0.922. The smallest absolute Gasteiger partial charge is 0.280 e. The van der Waals surface area contributed by atoms with E-state index in [1.54, 1.807) is 11.8 Å². The van der Waals surface area contributed by atoms with Crippen LogP contribution in [0.4, 0.5) is 0 Å². The summed E-state index contributed by atoms with van der Waals surface area (Å²) in [5.74, 6) is 0.470. The van der Waals surface area contributed by atoms with Gasteiger partial charge in [0.1, 0.15) is 5.75 Å². The molecule has 0 unspecified atom stereocenters. The van der Waals surface area contributed by atoms with Gasteiger partial charge in [0.05, 0.1) is 19.1 Å². The number of hydrazone groups is 1. The molecule has 1 saturated heterocycles. The lowest BCUT2D eigenvalue weighted by Gasteiger charge is -2.27. The highest BCUT2D eigenvalue weighted by Crippen LogP contribution is 2.21. The van der Waals surface area contributed by atoms with E-state index < -0.39 is 6.10 Å². The molecule has 5 heteroatoms. The second-order valence-electron chi connectivity index (χ2n) is 7.24. The number of piperidine rings is 1. The molecule has 2 aromatic rings. The summed E-state index contributed by atoms with van der Waals surface area (Å²) in [5, 5.41) is 6.56. The van der Waals surface area contributed by atoms with Crippen LogP contribution < -0.4 is 15.1 Å². The minimum absolute atomic E-state index is 0.218. The van der Waals surface area contributed by atoms with Gasteiger partial charge in [-0.05, 0) is 43.7 Å². The number of hydrogen-bond donors (Lipinski definition) is 2. The summed E-state index contributed by atoms with van der Waals surface area (Å²) in [7, 11) is 0. The molecule has 0 spiro atoms.